The predicted octanol–water partition coefficient (Wildman–Crippen LogP) is 4.34. The average Bonchev–Trinajstić information content (AvgIpc) is 2.83. The lowest BCUT2D eigenvalue weighted by molar-refractivity contribution is -0.136. The van der Waals surface area contributed by atoms with Crippen molar-refractivity contribution in [1.29, 1.82) is 0 Å². The van der Waals surface area contributed by atoms with Gasteiger partial charge in [0.25, 0.3) is 5.91 Å². The molecule has 0 saturated carbocycles. The Bertz CT molecular complexity index is 1290. The van der Waals surface area contributed by atoms with E-state index in [-0.39, 0.29) is 12.5 Å². The first kappa shape index (κ1) is 26.2. The monoisotopic (exact) mass is 486 g/mol. The molecule has 36 heavy (non-hydrogen) atoms. The van der Waals surface area contributed by atoms with Gasteiger partial charge in [-0.2, -0.15) is 5.10 Å². The molecule has 0 aliphatic heterocycles. The van der Waals surface area contributed by atoms with Crippen LogP contribution in [0.4, 0.5) is 11.4 Å². The highest BCUT2D eigenvalue weighted by molar-refractivity contribution is 6.39. The van der Waals surface area contributed by atoms with Crippen LogP contribution in [0, 0.1) is 34.6 Å². The van der Waals surface area contributed by atoms with E-state index < -0.39 is 11.8 Å². The Labute approximate surface area is 210 Å². The van der Waals surface area contributed by atoms with Gasteiger partial charge >= 0.3 is 11.8 Å². The van der Waals surface area contributed by atoms with Crippen molar-refractivity contribution in [3.63, 3.8) is 0 Å². The summed E-state index contributed by atoms with van der Waals surface area (Å²) in [5.41, 5.74) is 9.45. The number of hydrogen-bond donors (Lipinski definition) is 3. The third-order valence-electron chi connectivity index (χ3n) is 5.54. The fraction of sp³-hybridized carbons (Fsp3) is 0.214. The Kier molecular flexibility index (Phi) is 8.57. The summed E-state index contributed by atoms with van der Waals surface area (Å²) in [6.45, 7) is 9.68. The third-order valence-corrected chi connectivity index (χ3v) is 5.54. The summed E-state index contributed by atoms with van der Waals surface area (Å²) >= 11 is 0. The number of anilines is 2. The van der Waals surface area contributed by atoms with Crippen LogP contribution in [0.5, 0.6) is 5.75 Å². The minimum atomic E-state index is -0.880. The number of amides is 3. The Hall–Kier alpha value is -4.46. The highest BCUT2D eigenvalue weighted by Gasteiger charge is 2.13. The van der Waals surface area contributed by atoms with Gasteiger partial charge in [0, 0.05) is 11.4 Å². The summed E-state index contributed by atoms with van der Waals surface area (Å²) in [7, 11) is 0. The van der Waals surface area contributed by atoms with Gasteiger partial charge in [0.05, 0.1) is 6.21 Å². The lowest BCUT2D eigenvalue weighted by Gasteiger charge is -2.13. The van der Waals surface area contributed by atoms with Crippen molar-refractivity contribution >= 4 is 35.3 Å². The molecule has 0 unspecified atom stereocenters. The van der Waals surface area contributed by atoms with E-state index in [1.807, 2.05) is 52.8 Å². The molecule has 3 rings (SSSR count). The zero-order valence-electron chi connectivity index (χ0n) is 21.1. The van der Waals surface area contributed by atoms with Crippen LogP contribution in [0.1, 0.15) is 33.4 Å². The molecule has 3 aromatic carbocycles. The van der Waals surface area contributed by atoms with Gasteiger partial charge in [-0.3, -0.25) is 14.4 Å². The van der Waals surface area contributed by atoms with E-state index in [0.717, 1.165) is 33.5 Å². The zero-order valence-corrected chi connectivity index (χ0v) is 21.1. The van der Waals surface area contributed by atoms with Crippen molar-refractivity contribution in [1.82, 2.24) is 5.43 Å². The number of benzene rings is 3. The SMILES string of the molecule is Cc1cc(C)c(NC(=O)COc2ccc(/C=N\NC(=O)C(=O)Nc3ccc(C)c(C)c3)cc2)c(C)c1. The van der Waals surface area contributed by atoms with Crippen molar-refractivity contribution in [2.75, 3.05) is 17.2 Å². The lowest BCUT2D eigenvalue weighted by Crippen LogP contribution is -2.32. The van der Waals surface area contributed by atoms with E-state index in [4.69, 9.17) is 4.74 Å². The maximum absolute atomic E-state index is 12.3. The third kappa shape index (κ3) is 7.27. The van der Waals surface area contributed by atoms with Gasteiger partial charge < -0.3 is 15.4 Å². The number of nitrogens with one attached hydrogen (secondary N) is 3. The quantitative estimate of drug-likeness (QED) is 0.262. The van der Waals surface area contributed by atoms with E-state index in [9.17, 15) is 14.4 Å². The van der Waals surface area contributed by atoms with E-state index in [2.05, 4.69) is 21.2 Å². The van der Waals surface area contributed by atoms with Crippen LogP contribution in [0.3, 0.4) is 0 Å². The van der Waals surface area contributed by atoms with Gasteiger partial charge in [-0.25, -0.2) is 5.43 Å². The minimum Gasteiger partial charge on any atom is -0.484 e. The number of hydrogen-bond acceptors (Lipinski definition) is 5. The molecule has 3 N–H and O–H groups in total. The molecule has 8 nitrogen and oxygen atoms in total. The van der Waals surface area contributed by atoms with Crippen LogP contribution in [0.15, 0.2) is 59.7 Å². The normalized spacial score (nSPS) is 10.7. The first-order chi connectivity index (χ1) is 17.1. The van der Waals surface area contributed by atoms with E-state index in [1.54, 1.807) is 36.4 Å². The van der Waals surface area contributed by atoms with Gasteiger partial charge in [-0.1, -0.05) is 23.8 Å². The lowest BCUT2D eigenvalue weighted by atomic mass is 10.1. The number of rotatable bonds is 7. The van der Waals surface area contributed by atoms with Crippen LogP contribution in [-0.2, 0) is 14.4 Å². The number of nitrogens with zero attached hydrogens (tertiary/aromatic N) is 1. The largest absolute Gasteiger partial charge is 0.484 e. The molecule has 186 valence electrons. The van der Waals surface area contributed by atoms with Crippen LogP contribution in [0.25, 0.3) is 0 Å². The molecule has 0 fully saturated rings. The van der Waals surface area contributed by atoms with Gasteiger partial charge in [0.1, 0.15) is 5.75 Å². The Morgan fingerprint density at radius 1 is 0.778 bits per heavy atom. The van der Waals surface area contributed by atoms with E-state index in [1.165, 1.54) is 6.21 Å². The van der Waals surface area contributed by atoms with Crippen LogP contribution in [-0.4, -0.2) is 30.5 Å². The molecule has 0 spiro atoms. The number of carbonyl (C=O) groups excluding carboxylic acids is 3. The van der Waals surface area contributed by atoms with Crippen LogP contribution < -0.4 is 20.8 Å². The molecule has 0 atom stereocenters. The Balaban J connectivity index is 1.46. The Morgan fingerprint density at radius 2 is 1.44 bits per heavy atom. The van der Waals surface area contributed by atoms with E-state index in [0.29, 0.717) is 17.0 Å². The van der Waals surface area contributed by atoms with Gasteiger partial charge in [0.15, 0.2) is 6.61 Å². The van der Waals surface area contributed by atoms with Crippen molar-refractivity contribution in [3.05, 3.63) is 88.0 Å². The van der Waals surface area contributed by atoms with E-state index >= 15 is 0 Å². The first-order valence-corrected chi connectivity index (χ1v) is 11.4. The smallest absolute Gasteiger partial charge is 0.329 e. The molecule has 0 aliphatic rings. The highest BCUT2D eigenvalue weighted by Crippen LogP contribution is 2.22. The molecule has 0 aromatic heterocycles. The fourth-order valence-corrected chi connectivity index (χ4v) is 3.57. The van der Waals surface area contributed by atoms with Gasteiger partial charge in [-0.15, -0.1) is 0 Å². The number of ether oxygens (including phenoxy) is 1. The maximum Gasteiger partial charge on any atom is 0.329 e. The summed E-state index contributed by atoms with van der Waals surface area (Å²) in [6.07, 6.45) is 1.40. The molecule has 0 saturated heterocycles. The maximum atomic E-state index is 12.3. The standard InChI is InChI=1S/C28H30N4O4/c1-17-12-20(4)26(21(5)13-17)31-25(33)16-36-24-10-7-22(8-11-24)15-29-32-28(35)27(34)30-23-9-6-18(2)19(3)14-23/h6-15H,16H2,1-5H3,(H,30,34)(H,31,33)(H,32,35)/b29-15-. The predicted molar refractivity (Wildman–Crippen MR) is 142 cm³/mol. The molecular weight excluding hydrogens is 456 g/mol. The summed E-state index contributed by atoms with van der Waals surface area (Å²) < 4.78 is 5.57. The van der Waals surface area contributed by atoms with Gasteiger partial charge in [-0.05, 0) is 98.8 Å². The van der Waals surface area contributed by atoms with Crippen molar-refractivity contribution < 1.29 is 19.1 Å². The Morgan fingerprint density at radius 3 is 2.08 bits per heavy atom. The second kappa shape index (κ2) is 11.8. The van der Waals surface area contributed by atoms with Gasteiger partial charge in [0.2, 0.25) is 0 Å². The molecule has 0 radical (unpaired) electrons. The zero-order chi connectivity index (χ0) is 26.2. The number of carbonyl (C=O) groups is 3. The van der Waals surface area contributed by atoms with Crippen LogP contribution in [0.2, 0.25) is 0 Å². The average molecular weight is 487 g/mol. The summed E-state index contributed by atoms with van der Waals surface area (Å²) in [4.78, 5) is 36.4. The van der Waals surface area contributed by atoms with Crippen molar-refractivity contribution in [2.45, 2.75) is 34.6 Å². The molecule has 0 bridgehead atoms. The second-order valence-corrected chi connectivity index (χ2v) is 8.63. The molecular formula is C28H30N4O4. The topological polar surface area (TPSA) is 109 Å². The molecule has 3 amide bonds. The fourth-order valence-electron chi connectivity index (χ4n) is 3.57. The molecule has 0 aliphatic carbocycles. The first-order valence-electron chi connectivity index (χ1n) is 11.4. The number of hydrazone groups is 1. The molecule has 3 aromatic rings. The summed E-state index contributed by atoms with van der Waals surface area (Å²) in [5, 5.41) is 9.25. The van der Waals surface area contributed by atoms with Crippen molar-refractivity contribution in [2.24, 2.45) is 5.10 Å². The summed E-state index contributed by atoms with van der Waals surface area (Å²) in [5.74, 6) is -1.43. The van der Waals surface area contributed by atoms with Crippen molar-refractivity contribution in [3.8, 4) is 5.75 Å². The molecule has 8 heteroatoms. The highest BCUT2D eigenvalue weighted by atomic mass is 16.5. The second-order valence-electron chi connectivity index (χ2n) is 8.63. The molecule has 0 heterocycles. The minimum absolute atomic E-state index is 0.133. The number of aryl methyl sites for hydroxylation is 5. The van der Waals surface area contributed by atoms with Crippen LogP contribution >= 0.6 is 0 Å². The summed E-state index contributed by atoms with van der Waals surface area (Å²) in [6, 6.07) is 16.2.